The quantitative estimate of drug-likeness (QED) is 0.0588. The molecule has 0 atom stereocenters. The SMILES string of the molecule is CCCCCCCCCCCCCCC(=O)OC(=O)/C=C(C)/C=C/C=C(C)/C=C/C1=C(C)CCCC1(C)C. The van der Waals surface area contributed by atoms with E-state index in [1.807, 2.05) is 25.2 Å². The van der Waals surface area contributed by atoms with Gasteiger partial charge in [-0.25, -0.2) is 4.79 Å². The fraction of sp³-hybridized carbons (Fsp3) is 0.657. The van der Waals surface area contributed by atoms with Crippen molar-refractivity contribution in [2.75, 3.05) is 0 Å². The first-order valence-corrected chi connectivity index (χ1v) is 15.3. The summed E-state index contributed by atoms with van der Waals surface area (Å²) in [6.45, 7) is 13.1. The number of ether oxygens (including phenoxy) is 1. The van der Waals surface area contributed by atoms with Crippen LogP contribution >= 0.6 is 0 Å². The molecule has 0 fully saturated rings. The van der Waals surface area contributed by atoms with Gasteiger partial charge in [-0.1, -0.05) is 133 Å². The van der Waals surface area contributed by atoms with Crippen LogP contribution in [0.1, 0.15) is 144 Å². The van der Waals surface area contributed by atoms with E-state index >= 15 is 0 Å². The summed E-state index contributed by atoms with van der Waals surface area (Å²) in [7, 11) is 0. The Hall–Kier alpha value is -2.16. The first kappa shape index (κ1) is 33.9. The van der Waals surface area contributed by atoms with Gasteiger partial charge in [-0.2, -0.15) is 0 Å². The van der Waals surface area contributed by atoms with Crippen molar-refractivity contribution in [3.8, 4) is 0 Å². The Morgan fingerprint density at radius 3 is 2.00 bits per heavy atom. The minimum Gasteiger partial charge on any atom is -0.390 e. The summed E-state index contributed by atoms with van der Waals surface area (Å²) in [5, 5.41) is 0. The summed E-state index contributed by atoms with van der Waals surface area (Å²) < 4.78 is 4.96. The first-order valence-electron chi connectivity index (χ1n) is 15.3. The Morgan fingerprint density at radius 1 is 0.842 bits per heavy atom. The molecule has 0 aliphatic heterocycles. The largest absolute Gasteiger partial charge is 0.390 e. The summed E-state index contributed by atoms with van der Waals surface area (Å²) >= 11 is 0. The summed E-state index contributed by atoms with van der Waals surface area (Å²) in [4.78, 5) is 24.0. The van der Waals surface area contributed by atoms with Crippen molar-refractivity contribution in [1.82, 2.24) is 0 Å². The van der Waals surface area contributed by atoms with Crippen LogP contribution in [0.4, 0.5) is 0 Å². The average molecular weight is 525 g/mol. The van der Waals surface area contributed by atoms with Crippen molar-refractivity contribution in [3.63, 3.8) is 0 Å². The van der Waals surface area contributed by atoms with Gasteiger partial charge in [0.15, 0.2) is 0 Å². The number of carbonyl (C=O) groups is 2. The molecule has 0 aromatic rings. The van der Waals surface area contributed by atoms with Crippen LogP contribution in [-0.4, -0.2) is 11.9 Å². The second-order valence-electron chi connectivity index (χ2n) is 11.9. The second-order valence-corrected chi connectivity index (χ2v) is 11.9. The fourth-order valence-electron chi connectivity index (χ4n) is 5.17. The second kappa shape index (κ2) is 19.8. The summed E-state index contributed by atoms with van der Waals surface area (Å²) in [6.07, 6.45) is 30.6. The zero-order valence-electron chi connectivity index (χ0n) is 25.5. The van der Waals surface area contributed by atoms with Gasteiger partial charge < -0.3 is 4.74 Å². The van der Waals surface area contributed by atoms with Gasteiger partial charge in [-0.3, -0.25) is 4.79 Å². The average Bonchev–Trinajstić information content (AvgIpc) is 2.83. The van der Waals surface area contributed by atoms with Gasteiger partial charge in [-0.05, 0) is 63.0 Å². The highest BCUT2D eigenvalue weighted by Gasteiger charge is 2.26. The molecule has 0 heterocycles. The molecule has 0 spiro atoms. The van der Waals surface area contributed by atoms with E-state index in [9.17, 15) is 9.59 Å². The molecule has 1 rings (SSSR count). The van der Waals surface area contributed by atoms with Gasteiger partial charge in [0.05, 0.1) is 0 Å². The lowest BCUT2D eigenvalue weighted by Gasteiger charge is -2.32. The predicted octanol–water partition coefficient (Wildman–Crippen LogP) is 10.7. The monoisotopic (exact) mass is 524 g/mol. The highest BCUT2D eigenvalue weighted by atomic mass is 16.6. The summed E-state index contributed by atoms with van der Waals surface area (Å²) in [6, 6.07) is 0. The van der Waals surface area contributed by atoms with E-state index in [1.54, 1.807) is 0 Å². The van der Waals surface area contributed by atoms with Crippen molar-refractivity contribution >= 4 is 11.9 Å². The molecule has 0 bridgehead atoms. The molecule has 0 aromatic heterocycles. The molecular formula is C35H56O3. The molecule has 3 nitrogen and oxygen atoms in total. The molecular weight excluding hydrogens is 468 g/mol. The molecule has 0 saturated carbocycles. The third-order valence-corrected chi connectivity index (χ3v) is 7.57. The van der Waals surface area contributed by atoms with Crippen molar-refractivity contribution in [3.05, 3.63) is 58.7 Å². The Kier molecular flexibility index (Phi) is 17.7. The van der Waals surface area contributed by atoms with E-state index in [-0.39, 0.29) is 5.41 Å². The van der Waals surface area contributed by atoms with Gasteiger partial charge in [0, 0.05) is 12.5 Å². The Bertz CT molecular complexity index is 864. The van der Waals surface area contributed by atoms with Crippen LogP contribution in [0.2, 0.25) is 0 Å². The fourth-order valence-corrected chi connectivity index (χ4v) is 5.17. The topological polar surface area (TPSA) is 43.4 Å². The molecule has 0 unspecified atom stereocenters. The maximum Gasteiger partial charge on any atom is 0.338 e. The molecule has 1 aliphatic carbocycles. The zero-order chi connectivity index (χ0) is 28.2. The van der Waals surface area contributed by atoms with E-state index in [2.05, 4.69) is 46.8 Å². The molecule has 0 amide bonds. The van der Waals surface area contributed by atoms with Crippen LogP contribution in [0.5, 0.6) is 0 Å². The van der Waals surface area contributed by atoms with Crippen LogP contribution in [0, 0.1) is 5.41 Å². The molecule has 0 N–H and O–H groups in total. The predicted molar refractivity (Wildman–Crippen MR) is 163 cm³/mol. The Balaban J connectivity index is 2.25. The standard InChI is InChI=1S/C35H56O3/c1-7-8-9-10-11-12-13-14-15-16-17-18-24-33(36)38-34(37)28-30(3)22-19-21-29(2)25-26-32-31(4)23-20-27-35(32,5)6/h19,21-22,25-26,28H,7-18,20,23-24,27H2,1-6H3/b22-19+,26-25+,29-21+,30-28+. The van der Waals surface area contributed by atoms with E-state index in [4.69, 9.17) is 4.74 Å². The van der Waals surface area contributed by atoms with E-state index in [0.29, 0.717) is 6.42 Å². The van der Waals surface area contributed by atoms with Crippen LogP contribution in [0.15, 0.2) is 58.7 Å². The minimum absolute atomic E-state index is 0.235. The Labute approximate surface area is 234 Å². The van der Waals surface area contributed by atoms with E-state index in [1.165, 1.54) is 94.3 Å². The van der Waals surface area contributed by atoms with Gasteiger partial charge in [-0.15, -0.1) is 0 Å². The number of rotatable bonds is 18. The lowest BCUT2D eigenvalue weighted by molar-refractivity contribution is -0.156. The number of hydrogen-bond donors (Lipinski definition) is 0. The van der Waals surface area contributed by atoms with E-state index < -0.39 is 11.9 Å². The molecule has 38 heavy (non-hydrogen) atoms. The highest BCUT2D eigenvalue weighted by molar-refractivity contribution is 5.92. The van der Waals surface area contributed by atoms with Crippen LogP contribution in [-0.2, 0) is 14.3 Å². The summed E-state index contributed by atoms with van der Waals surface area (Å²) in [5.74, 6) is -1.01. The van der Waals surface area contributed by atoms with Crippen molar-refractivity contribution in [2.24, 2.45) is 5.41 Å². The molecule has 3 heteroatoms. The van der Waals surface area contributed by atoms with Crippen molar-refractivity contribution in [2.45, 2.75) is 144 Å². The number of allylic oxidation sites excluding steroid dienone is 9. The van der Waals surface area contributed by atoms with Crippen LogP contribution < -0.4 is 0 Å². The highest BCUT2D eigenvalue weighted by Crippen LogP contribution is 2.40. The number of esters is 2. The maximum atomic E-state index is 12.1. The van der Waals surface area contributed by atoms with Gasteiger partial charge >= 0.3 is 11.9 Å². The molecule has 1 aliphatic rings. The van der Waals surface area contributed by atoms with Crippen molar-refractivity contribution in [1.29, 1.82) is 0 Å². The maximum absolute atomic E-state index is 12.1. The Morgan fingerprint density at radius 2 is 1.42 bits per heavy atom. The van der Waals surface area contributed by atoms with Gasteiger partial charge in [0.2, 0.25) is 0 Å². The smallest absolute Gasteiger partial charge is 0.338 e. The van der Waals surface area contributed by atoms with Gasteiger partial charge in [0.25, 0.3) is 0 Å². The molecule has 0 aromatic carbocycles. The zero-order valence-corrected chi connectivity index (χ0v) is 25.5. The van der Waals surface area contributed by atoms with Crippen molar-refractivity contribution < 1.29 is 14.3 Å². The number of unbranched alkanes of at least 4 members (excludes halogenated alkanes) is 11. The lowest BCUT2D eigenvalue weighted by Crippen LogP contribution is -2.19. The molecule has 0 saturated heterocycles. The third kappa shape index (κ3) is 15.9. The van der Waals surface area contributed by atoms with Crippen LogP contribution in [0.3, 0.4) is 0 Å². The normalized spacial score (nSPS) is 16.6. The number of hydrogen-bond acceptors (Lipinski definition) is 3. The van der Waals surface area contributed by atoms with E-state index in [0.717, 1.165) is 30.4 Å². The number of carbonyl (C=O) groups excluding carboxylic acids is 2. The molecule has 0 radical (unpaired) electrons. The minimum atomic E-state index is -0.585. The molecule has 214 valence electrons. The van der Waals surface area contributed by atoms with Crippen LogP contribution in [0.25, 0.3) is 0 Å². The third-order valence-electron chi connectivity index (χ3n) is 7.57. The first-order chi connectivity index (χ1) is 18.2. The van der Waals surface area contributed by atoms with Gasteiger partial charge in [0.1, 0.15) is 0 Å². The lowest BCUT2D eigenvalue weighted by atomic mass is 9.72. The summed E-state index contributed by atoms with van der Waals surface area (Å²) in [5.41, 5.74) is 5.09.